The number of benzene rings is 1. The number of carbonyl (C=O) groups excluding carboxylic acids is 1. The van der Waals surface area contributed by atoms with Crippen molar-refractivity contribution >= 4 is 29.0 Å². The highest BCUT2D eigenvalue weighted by Crippen LogP contribution is 2.17. The fraction of sp³-hybridized carbons (Fsp3) is 0.150. The van der Waals surface area contributed by atoms with Crippen molar-refractivity contribution in [3.05, 3.63) is 70.0 Å². The van der Waals surface area contributed by atoms with Gasteiger partial charge in [0.2, 0.25) is 5.91 Å². The second-order valence-electron chi connectivity index (χ2n) is 6.04. The Morgan fingerprint density at radius 1 is 1.29 bits per heavy atom. The van der Waals surface area contributed by atoms with Gasteiger partial charge in [0.1, 0.15) is 0 Å². The summed E-state index contributed by atoms with van der Waals surface area (Å²) in [5.74, 6) is 6.75. The molecule has 7 nitrogen and oxygen atoms in total. The Morgan fingerprint density at radius 3 is 2.93 bits per heavy atom. The molecule has 8 heteroatoms. The van der Waals surface area contributed by atoms with Crippen LogP contribution in [0.2, 0.25) is 0 Å². The first-order chi connectivity index (χ1) is 13.6. The third-order valence-corrected chi connectivity index (χ3v) is 4.30. The van der Waals surface area contributed by atoms with Gasteiger partial charge >= 0.3 is 0 Å². The number of hydrogen-bond donors (Lipinski definition) is 2. The summed E-state index contributed by atoms with van der Waals surface area (Å²) in [5, 5.41) is 19.0. The zero-order valence-electron chi connectivity index (χ0n) is 15.4. The molecule has 28 heavy (non-hydrogen) atoms. The minimum absolute atomic E-state index is 0.246. The van der Waals surface area contributed by atoms with E-state index in [1.54, 1.807) is 18.2 Å². The lowest BCUT2D eigenvalue weighted by Gasteiger charge is -2.02. The van der Waals surface area contributed by atoms with Crippen LogP contribution < -0.4 is 5.32 Å². The summed E-state index contributed by atoms with van der Waals surface area (Å²) in [4.78, 5) is 16.5. The molecule has 0 aliphatic rings. The van der Waals surface area contributed by atoms with E-state index in [0.717, 1.165) is 16.3 Å². The Morgan fingerprint density at radius 2 is 2.18 bits per heavy atom. The fourth-order valence-electron chi connectivity index (χ4n) is 2.12. The summed E-state index contributed by atoms with van der Waals surface area (Å²) in [6.07, 6.45) is 6.31. The summed E-state index contributed by atoms with van der Waals surface area (Å²) in [7, 11) is 0. The summed E-state index contributed by atoms with van der Waals surface area (Å²) >= 11 is 1.54. The molecule has 0 saturated heterocycles. The molecule has 3 rings (SSSR count). The molecule has 0 atom stereocenters. The normalized spacial score (nSPS) is 11.1. The first-order valence-corrected chi connectivity index (χ1v) is 9.45. The van der Waals surface area contributed by atoms with Gasteiger partial charge in [-0.25, -0.2) is 4.98 Å². The molecule has 1 amide bonds. The van der Waals surface area contributed by atoms with Crippen LogP contribution in [0.4, 0.5) is 5.69 Å². The largest absolute Gasteiger partial charge is 0.322 e. The Hall–Kier alpha value is -3.57. The van der Waals surface area contributed by atoms with Gasteiger partial charge in [0.25, 0.3) is 0 Å². The van der Waals surface area contributed by atoms with E-state index in [0.29, 0.717) is 17.4 Å². The monoisotopic (exact) mass is 390 g/mol. The summed E-state index contributed by atoms with van der Waals surface area (Å²) in [5.41, 5.74) is 2.53. The van der Waals surface area contributed by atoms with Crippen molar-refractivity contribution in [2.24, 2.45) is 0 Å². The highest BCUT2D eigenvalue weighted by atomic mass is 32.1. The van der Waals surface area contributed by atoms with Crippen LogP contribution in [0.3, 0.4) is 0 Å². The predicted molar refractivity (Wildman–Crippen MR) is 110 cm³/mol. The number of thiazole rings is 1. The van der Waals surface area contributed by atoms with Gasteiger partial charge in [0.15, 0.2) is 10.8 Å². The van der Waals surface area contributed by atoms with Crippen LogP contribution >= 0.6 is 11.3 Å². The lowest BCUT2D eigenvalue weighted by molar-refractivity contribution is -0.111. The Balaban J connectivity index is 1.60. The van der Waals surface area contributed by atoms with Crippen molar-refractivity contribution in [2.75, 3.05) is 5.32 Å². The molecule has 2 heterocycles. The van der Waals surface area contributed by atoms with Gasteiger partial charge in [0, 0.05) is 22.7 Å². The lowest BCUT2D eigenvalue weighted by Crippen LogP contribution is -2.07. The SMILES string of the molecule is CC(C)c1csc(C#Cc2cccc(NC(=O)/C=C/C=C/c3nn[nH]n3)c2)n1. The highest BCUT2D eigenvalue weighted by molar-refractivity contribution is 7.10. The number of hydrogen-bond acceptors (Lipinski definition) is 6. The van der Waals surface area contributed by atoms with E-state index in [9.17, 15) is 4.79 Å². The zero-order chi connectivity index (χ0) is 19.8. The number of nitrogens with one attached hydrogen (secondary N) is 2. The average molecular weight is 390 g/mol. The minimum Gasteiger partial charge on any atom is -0.322 e. The summed E-state index contributed by atoms with van der Waals surface area (Å²) < 4.78 is 0. The van der Waals surface area contributed by atoms with Crippen molar-refractivity contribution in [3.8, 4) is 11.8 Å². The van der Waals surface area contributed by atoms with Crippen LogP contribution in [0.5, 0.6) is 0 Å². The molecule has 0 bridgehead atoms. The molecule has 0 spiro atoms. The van der Waals surface area contributed by atoms with E-state index in [4.69, 9.17) is 0 Å². The van der Waals surface area contributed by atoms with Crippen LogP contribution in [-0.4, -0.2) is 31.5 Å². The second kappa shape index (κ2) is 9.39. The maximum absolute atomic E-state index is 12.0. The van der Waals surface area contributed by atoms with E-state index >= 15 is 0 Å². The smallest absolute Gasteiger partial charge is 0.248 e. The number of amides is 1. The standard InChI is InChI=1S/C20H18N6OS/c1-14(2)17-13-28-20(22-17)11-10-15-6-5-7-16(12-15)21-19(27)9-4-3-8-18-23-25-26-24-18/h3-9,12-14H,1-2H3,(H,21,27)(H,23,24,25,26)/b8-3+,9-4+. The zero-order valence-corrected chi connectivity index (χ0v) is 16.2. The Kier molecular flexibility index (Phi) is 6.44. The number of tetrazole rings is 1. The average Bonchev–Trinajstić information content (AvgIpc) is 3.36. The van der Waals surface area contributed by atoms with Gasteiger partial charge in [-0.2, -0.15) is 5.21 Å². The highest BCUT2D eigenvalue weighted by Gasteiger charge is 2.03. The van der Waals surface area contributed by atoms with Crippen molar-refractivity contribution < 1.29 is 4.79 Å². The number of carbonyl (C=O) groups is 1. The molecule has 0 aliphatic carbocycles. The molecular formula is C20H18N6OS. The Bertz CT molecular complexity index is 1050. The number of aromatic nitrogens is 5. The third kappa shape index (κ3) is 5.72. The third-order valence-electron chi connectivity index (χ3n) is 3.52. The molecule has 0 radical (unpaired) electrons. The van der Waals surface area contributed by atoms with Crippen molar-refractivity contribution in [3.63, 3.8) is 0 Å². The van der Waals surface area contributed by atoms with Gasteiger partial charge in [-0.1, -0.05) is 38.0 Å². The fourth-order valence-corrected chi connectivity index (χ4v) is 2.94. The van der Waals surface area contributed by atoms with Crippen LogP contribution in [-0.2, 0) is 4.79 Å². The molecule has 0 fully saturated rings. The van der Waals surface area contributed by atoms with Crippen LogP contribution in [0.25, 0.3) is 6.08 Å². The molecule has 2 aromatic heterocycles. The molecular weight excluding hydrogens is 372 g/mol. The van der Waals surface area contributed by atoms with Crippen LogP contribution in [0, 0.1) is 11.8 Å². The van der Waals surface area contributed by atoms with Gasteiger partial charge in [-0.15, -0.1) is 21.5 Å². The molecule has 0 saturated carbocycles. The van der Waals surface area contributed by atoms with E-state index in [2.05, 4.69) is 56.6 Å². The van der Waals surface area contributed by atoms with Gasteiger partial charge in [-0.05, 0) is 41.3 Å². The van der Waals surface area contributed by atoms with Crippen molar-refractivity contribution in [1.29, 1.82) is 0 Å². The summed E-state index contributed by atoms with van der Waals surface area (Å²) in [6.45, 7) is 4.21. The molecule has 140 valence electrons. The predicted octanol–water partition coefficient (Wildman–Crippen LogP) is 3.39. The second-order valence-corrected chi connectivity index (χ2v) is 6.90. The first kappa shape index (κ1) is 19.2. The van der Waals surface area contributed by atoms with E-state index in [-0.39, 0.29) is 5.91 Å². The number of anilines is 1. The minimum atomic E-state index is -0.246. The number of nitrogens with zero attached hydrogens (tertiary/aromatic N) is 4. The van der Waals surface area contributed by atoms with E-state index in [1.165, 1.54) is 17.4 Å². The number of allylic oxidation sites excluding steroid dienone is 2. The van der Waals surface area contributed by atoms with Crippen LogP contribution in [0.15, 0.2) is 47.9 Å². The Labute approximate surface area is 166 Å². The molecule has 3 aromatic rings. The molecule has 2 N–H and O–H groups in total. The van der Waals surface area contributed by atoms with Gasteiger partial charge in [0.05, 0.1) is 5.69 Å². The lowest BCUT2D eigenvalue weighted by atomic mass is 10.2. The molecule has 0 unspecified atom stereocenters. The first-order valence-electron chi connectivity index (χ1n) is 8.57. The topological polar surface area (TPSA) is 96.5 Å². The quantitative estimate of drug-likeness (QED) is 0.395. The maximum atomic E-state index is 12.0. The molecule has 0 aliphatic heterocycles. The summed E-state index contributed by atoms with van der Waals surface area (Å²) in [6, 6.07) is 7.38. The number of aromatic amines is 1. The maximum Gasteiger partial charge on any atom is 0.248 e. The van der Waals surface area contributed by atoms with Crippen molar-refractivity contribution in [2.45, 2.75) is 19.8 Å². The van der Waals surface area contributed by atoms with E-state index in [1.807, 2.05) is 29.6 Å². The molecule has 1 aromatic carbocycles. The van der Waals surface area contributed by atoms with E-state index < -0.39 is 0 Å². The van der Waals surface area contributed by atoms with Gasteiger partial charge in [-0.3, -0.25) is 4.79 Å². The van der Waals surface area contributed by atoms with Crippen LogP contribution in [0.1, 0.15) is 41.9 Å². The number of rotatable bonds is 5. The van der Waals surface area contributed by atoms with Crippen molar-refractivity contribution in [1.82, 2.24) is 25.6 Å². The van der Waals surface area contributed by atoms with Gasteiger partial charge < -0.3 is 5.32 Å². The number of H-pyrrole nitrogens is 1.